The number of carbonyl (C=O) groups excluding carboxylic acids is 1. The molecule has 6 heteroatoms. The molecule has 1 heterocycles. The average molecular weight is 242 g/mol. The number of aromatic nitrogens is 2. The van der Waals surface area contributed by atoms with Crippen LogP contribution in [0.25, 0.3) is 0 Å². The molecule has 0 aliphatic rings. The van der Waals surface area contributed by atoms with Crippen LogP contribution in [0.1, 0.15) is 5.69 Å². The Morgan fingerprint density at radius 1 is 1.77 bits per heavy atom. The summed E-state index contributed by atoms with van der Waals surface area (Å²) in [5, 5.41) is 0. The molecule has 5 nitrogen and oxygen atoms in total. The van der Waals surface area contributed by atoms with Crippen LogP contribution in [0.5, 0.6) is 5.88 Å². The van der Waals surface area contributed by atoms with Gasteiger partial charge in [0.25, 0.3) is 5.88 Å². The number of nitrogens with zero attached hydrogens (tertiary/aromatic N) is 2. The van der Waals surface area contributed by atoms with E-state index < -0.39 is 6.09 Å². The fraction of sp³-hybridized carbons (Fsp3) is 0. The molecular weight excluding hydrogens is 238 g/mol. The van der Waals surface area contributed by atoms with Gasteiger partial charge in [0.05, 0.1) is 6.20 Å². The smallest absolute Gasteiger partial charge is 0.388 e. The number of halogens is 1. The third-order valence-corrected chi connectivity index (χ3v) is 1.43. The highest BCUT2D eigenvalue weighted by molar-refractivity contribution is 9.10. The molecule has 1 rings (SSSR count). The molecular formula is C7H4BrN3O2. The number of nitrogens with two attached hydrogens (primary N) is 1. The summed E-state index contributed by atoms with van der Waals surface area (Å²) in [4.78, 5) is 17.9. The third-order valence-electron chi connectivity index (χ3n) is 1.04. The van der Waals surface area contributed by atoms with E-state index in [9.17, 15) is 4.79 Å². The van der Waals surface area contributed by atoms with Crippen molar-refractivity contribution in [3.05, 3.63) is 16.5 Å². The van der Waals surface area contributed by atoms with Gasteiger partial charge in [-0.25, -0.2) is 14.8 Å². The summed E-state index contributed by atoms with van der Waals surface area (Å²) in [7, 11) is 0. The van der Waals surface area contributed by atoms with Crippen molar-refractivity contribution in [3.8, 4) is 18.2 Å². The first kappa shape index (κ1) is 9.48. The number of hydrogen-bond acceptors (Lipinski definition) is 4. The molecule has 0 aliphatic heterocycles. The van der Waals surface area contributed by atoms with Gasteiger partial charge in [0.1, 0.15) is 4.60 Å². The van der Waals surface area contributed by atoms with Crippen LogP contribution >= 0.6 is 15.9 Å². The van der Waals surface area contributed by atoms with Crippen LogP contribution in [-0.2, 0) is 0 Å². The normalized spacial score (nSPS) is 8.92. The topological polar surface area (TPSA) is 78.1 Å². The highest BCUT2D eigenvalue weighted by Crippen LogP contribution is 2.14. The minimum atomic E-state index is -0.979. The molecule has 0 spiro atoms. The molecule has 0 saturated heterocycles. The van der Waals surface area contributed by atoms with Gasteiger partial charge in [-0.1, -0.05) is 0 Å². The van der Waals surface area contributed by atoms with Gasteiger partial charge in [0, 0.05) is 0 Å². The fourth-order valence-electron chi connectivity index (χ4n) is 0.621. The van der Waals surface area contributed by atoms with E-state index in [4.69, 9.17) is 12.2 Å². The maximum atomic E-state index is 10.4. The van der Waals surface area contributed by atoms with E-state index in [0.717, 1.165) is 0 Å². The van der Waals surface area contributed by atoms with Gasteiger partial charge in [-0.05, 0) is 21.9 Å². The Morgan fingerprint density at radius 2 is 2.46 bits per heavy atom. The van der Waals surface area contributed by atoms with Gasteiger partial charge in [-0.2, -0.15) is 0 Å². The van der Waals surface area contributed by atoms with E-state index in [0.29, 0.717) is 4.60 Å². The largest absolute Gasteiger partial charge is 0.411 e. The molecule has 13 heavy (non-hydrogen) atoms. The SMILES string of the molecule is C#Cc1nc(Br)cnc1OC(N)=O. The number of rotatable bonds is 1. The zero-order valence-corrected chi connectivity index (χ0v) is 7.91. The van der Waals surface area contributed by atoms with E-state index in [1.165, 1.54) is 6.20 Å². The van der Waals surface area contributed by atoms with Crippen LogP contribution in [0.15, 0.2) is 10.8 Å². The van der Waals surface area contributed by atoms with Gasteiger partial charge in [-0.15, -0.1) is 6.42 Å². The Kier molecular flexibility index (Phi) is 2.82. The zero-order chi connectivity index (χ0) is 9.84. The third kappa shape index (κ3) is 2.42. The van der Waals surface area contributed by atoms with Crippen LogP contribution in [-0.4, -0.2) is 16.1 Å². The summed E-state index contributed by atoms with van der Waals surface area (Å²) in [5.74, 6) is 2.13. The number of hydrogen-bond donors (Lipinski definition) is 1. The molecule has 1 aromatic heterocycles. The predicted octanol–water partition coefficient (Wildman–Crippen LogP) is 0.678. The maximum Gasteiger partial charge on any atom is 0.411 e. The standard InChI is InChI=1S/C7H4BrN3O2/c1-2-4-6(13-7(9)12)10-3-5(8)11-4/h1,3H,(H2,9,12). The van der Waals surface area contributed by atoms with Gasteiger partial charge in [0.2, 0.25) is 0 Å². The Labute approximate surface area is 82.4 Å². The van der Waals surface area contributed by atoms with Crippen molar-refractivity contribution in [1.82, 2.24) is 9.97 Å². The molecule has 0 aromatic carbocycles. The van der Waals surface area contributed by atoms with Crippen molar-refractivity contribution in [3.63, 3.8) is 0 Å². The number of primary amides is 1. The summed E-state index contributed by atoms with van der Waals surface area (Å²) in [6.07, 6.45) is 5.46. The Hall–Kier alpha value is -1.61. The van der Waals surface area contributed by atoms with Crippen LogP contribution in [0.4, 0.5) is 4.79 Å². The molecule has 2 N–H and O–H groups in total. The van der Waals surface area contributed by atoms with Crippen LogP contribution in [0.2, 0.25) is 0 Å². The molecule has 0 aliphatic carbocycles. The van der Waals surface area contributed by atoms with Crippen molar-refractivity contribution in [2.75, 3.05) is 0 Å². The molecule has 1 aromatic rings. The molecule has 0 bridgehead atoms. The number of terminal acetylenes is 1. The molecule has 0 fully saturated rings. The second-order valence-electron chi connectivity index (χ2n) is 1.91. The fourth-order valence-corrected chi connectivity index (χ4v) is 0.900. The predicted molar refractivity (Wildman–Crippen MR) is 47.9 cm³/mol. The Balaban J connectivity index is 3.08. The lowest BCUT2D eigenvalue weighted by molar-refractivity contribution is 0.208. The zero-order valence-electron chi connectivity index (χ0n) is 6.32. The molecule has 66 valence electrons. The number of amides is 1. The van der Waals surface area contributed by atoms with Crippen molar-refractivity contribution in [1.29, 1.82) is 0 Å². The summed E-state index contributed by atoms with van der Waals surface area (Å²) >= 11 is 3.06. The lowest BCUT2D eigenvalue weighted by atomic mass is 10.4. The second-order valence-corrected chi connectivity index (χ2v) is 2.72. The van der Waals surface area contributed by atoms with Crippen LogP contribution < -0.4 is 10.5 Å². The van der Waals surface area contributed by atoms with Crippen LogP contribution in [0.3, 0.4) is 0 Å². The van der Waals surface area contributed by atoms with Crippen molar-refractivity contribution < 1.29 is 9.53 Å². The average Bonchev–Trinajstić information content (AvgIpc) is 2.07. The summed E-state index contributed by atoms with van der Waals surface area (Å²) < 4.78 is 4.95. The van der Waals surface area contributed by atoms with E-state index in [2.05, 4.69) is 36.6 Å². The van der Waals surface area contributed by atoms with E-state index in [1.807, 2.05) is 0 Å². The lowest BCUT2D eigenvalue weighted by Gasteiger charge is -2.00. The highest BCUT2D eigenvalue weighted by Gasteiger charge is 2.08. The molecule has 1 amide bonds. The Morgan fingerprint density at radius 3 is 3.00 bits per heavy atom. The summed E-state index contributed by atoms with van der Waals surface area (Å²) in [6.45, 7) is 0. The number of carbonyl (C=O) groups is 1. The van der Waals surface area contributed by atoms with E-state index >= 15 is 0 Å². The van der Waals surface area contributed by atoms with Crippen molar-refractivity contribution >= 4 is 22.0 Å². The lowest BCUT2D eigenvalue weighted by Crippen LogP contribution is -2.18. The minimum Gasteiger partial charge on any atom is -0.388 e. The van der Waals surface area contributed by atoms with E-state index in [-0.39, 0.29) is 11.6 Å². The summed E-state index contributed by atoms with van der Waals surface area (Å²) in [6, 6.07) is 0. The van der Waals surface area contributed by atoms with E-state index in [1.54, 1.807) is 0 Å². The minimum absolute atomic E-state index is 0.0711. The monoisotopic (exact) mass is 241 g/mol. The highest BCUT2D eigenvalue weighted by atomic mass is 79.9. The van der Waals surface area contributed by atoms with Crippen molar-refractivity contribution in [2.24, 2.45) is 5.73 Å². The van der Waals surface area contributed by atoms with Crippen LogP contribution in [0, 0.1) is 12.3 Å². The molecule has 0 saturated carbocycles. The van der Waals surface area contributed by atoms with Gasteiger partial charge < -0.3 is 10.5 Å². The van der Waals surface area contributed by atoms with Gasteiger partial charge in [0.15, 0.2) is 5.69 Å². The Bertz CT molecular complexity index is 386. The van der Waals surface area contributed by atoms with Gasteiger partial charge in [-0.3, -0.25) is 0 Å². The summed E-state index contributed by atoms with van der Waals surface area (Å²) in [5.41, 5.74) is 4.90. The maximum absolute atomic E-state index is 10.4. The first-order chi connectivity index (χ1) is 6.13. The first-order valence-electron chi connectivity index (χ1n) is 3.10. The molecule has 0 radical (unpaired) electrons. The number of ether oxygens (including phenoxy) is 1. The first-order valence-corrected chi connectivity index (χ1v) is 3.89. The second kappa shape index (κ2) is 3.87. The molecule has 0 atom stereocenters. The van der Waals surface area contributed by atoms with Gasteiger partial charge >= 0.3 is 6.09 Å². The molecule has 0 unspecified atom stereocenters. The van der Waals surface area contributed by atoms with Crippen molar-refractivity contribution in [2.45, 2.75) is 0 Å². The quantitative estimate of drug-likeness (QED) is 0.734.